The van der Waals surface area contributed by atoms with Gasteiger partial charge in [0.25, 0.3) is 0 Å². The average Bonchev–Trinajstić information content (AvgIpc) is 3.59. The van der Waals surface area contributed by atoms with Crippen LogP contribution in [0.15, 0.2) is 43.0 Å². The summed E-state index contributed by atoms with van der Waals surface area (Å²) in [5.74, 6) is -0.410. The molecule has 4 aromatic rings. The first-order chi connectivity index (χ1) is 21.9. The third-order valence-corrected chi connectivity index (χ3v) is 7.72. The maximum absolute atomic E-state index is 15.7. The van der Waals surface area contributed by atoms with Crippen LogP contribution >= 0.6 is 0 Å². The van der Waals surface area contributed by atoms with Crippen LogP contribution in [0, 0.1) is 30.0 Å². The van der Waals surface area contributed by atoms with Crippen LogP contribution < -0.4 is 21.7 Å². The minimum Gasteiger partial charge on any atom is -0.380 e. The predicted molar refractivity (Wildman–Crippen MR) is 164 cm³/mol. The van der Waals surface area contributed by atoms with Gasteiger partial charge in [-0.05, 0) is 50.8 Å². The van der Waals surface area contributed by atoms with E-state index in [1.165, 1.54) is 29.1 Å². The number of aryl methyl sites for hydroxylation is 1. The second-order valence-corrected chi connectivity index (χ2v) is 11.4. The zero-order chi connectivity index (χ0) is 33.2. The number of nitriles is 1. The van der Waals surface area contributed by atoms with Gasteiger partial charge in [0.2, 0.25) is 5.91 Å². The number of carbonyl (C=O) groups excluding carboxylic acids is 1. The Morgan fingerprint density at radius 3 is 2.70 bits per heavy atom. The van der Waals surface area contributed by atoms with E-state index in [4.69, 9.17) is 11.0 Å². The van der Waals surface area contributed by atoms with Crippen molar-refractivity contribution in [2.45, 2.75) is 64.8 Å². The quantitative estimate of drug-likeness (QED) is 0.169. The standard InChI is InChI=1S/C31H34F4N10O/c1-4-5-24(41-18(3)14-40-30(46)19-11-20(37)12-19)26-17(2)10-21(13-23(26)32)42-28-29-39-15-25(45(29)9-7-38-28)22-16-44(8-6-36)43-27(22)31(33,34)35/h5,7,9-10,13,15-16,18-20,41H,4,8,11-12,14,37H2,1-3H3,(H,38,42)(H,40,46)/b24-5-. The minimum absolute atomic E-state index is 0.0303. The van der Waals surface area contributed by atoms with Crippen molar-refractivity contribution in [3.63, 3.8) is 0 Å². The van der Waals surface area contributed by atoms with Crippen molar-refractivity contribution in [1.82, 2.24) is 34.8 Å². The lowest BCUT2D eigenvalue weighted by Gasteiger charge is -2.31. The highest BCUT2D eigenvalue weighted by molar-refractivity contribution is 5.80. The highest BCUT2D eigenvalue weighted by Crippen LogP contribution is 2.37. The molecule has 0 spiro atoms. The maximum atomic E-state index is 15.7. The summed E-state index contributed by atoms with van der Waals surface area (Å²) in [6, 6.07) is 4.72. The van der Waals surface area contributed by atoms with Crippen LogP contribution in [0.3, 0.4) is 0 Å². The molecular formula is C31H34F4N10O. The number of aromatic nitrogens is 5. The summed E-state index contributed by atoms with van der Waals surface area (Å²) in [5, 5.41) is 21.8. The molecule has 0 aliphatic heterocycles. The van der Waals surface area contributed by atoms with Gasteiger partial charge in [0.1, 0.15) is 12.4 Å². The van der Waals surface area contributed by atoms with E-state index in [1.807, 2.05) is 19.9 Å². The summed E-state index contributed by atoms with van der Waals surface area (Å²) < 4.78 is 59.4. The Hall–Kier alpha value is -4.97. The van der Waals surface area contributed by atoms with Gasteiger partial charge in [0.15, 0.2) is 17.2 Å². The van der Waals surface area contributed by atoms with Gasteiger partial charge in [-0.3, -0.25) is 13.9 Å². The number of rotatable bonds is 11. The monoisotopic (exact) mass is 638 g/mol. The fourth-order valence-corrected chi connectivity index (χ4v) is 5.50. The van der Waals surface area contributed by atoms with E-state index in [-0.39, 0.29) is 53.2 Å². The van der Waals surface area contributed by atoms with Crippen molar-refractivity contribution in [3.8, 4) is 17.3 Å². The number of allylic oxidation sites excluding steroid dienone is 1. The summed E-state index contributed by atoms with van der Waals surface area (Å²) in [4.78, 5) is 20.9. The second kappa shape index (κ2) is 13.2. The molecule has 1 atom stereocenters. The van der Waals surface area contributed by atoms with Gasteiger partial charge in [-0.2, -0.15) is 23.5 Å². The van der Waals surface area contributed by atoms with Crippen LogP contribution in [0.2, 0.25) is 0 Å². The second-order valence-electron chi connectivity index (χ2n) is 11.4. The fraction of sp³-hybridized carbons (Fsp3) is 0.387. The molecule has 0 radical (unpaired) electrons. The van der Waals surface area contributed by atoms with Crippen LogP contribution in [-0.2, 0) is 17.5 Å². The lowest BCUT2D eigenvalue weighted by Crippen LogP contribution is -2.47. The third kappa shape index (κ3) is 6.81. The van der Waals surface area contributed by atoms with Crippen molar-refractivity contribution in [3.05, 3.63) is 65.6 Å². The van der Waals surface area contributed by atoms with E-state index >= 15 is 4.39 Å². The van der Waals surface area contributed by atoms with Gasteiger partial charge in [-0.1, -0.05) is 13.0 Å². The molecule has 1 fully saturated rings. The number of alkyl halides is 3. The lowest BCUT2D eigenvalue weighted by molar-refractivity contribution is -0.141. The molecule has 46 heavy (non-hydrogen) atoms. The number of hydrogen-bond donors (Lipinski definition) is 4. The zero-order valence-electron chi connectivity index (χ0n) is 25.5. The van der Waals surface area contributed by atoms with Crippen LogP contribution in [0.1, 0.15) is 49.9 Å². The fourth-order valence-electron chi connectivity index (χ4n) is 5.50. The third-order valence-electron chi connectivity index (χ3n) is 7.72. The molecule has 1 saturated carbocycles. The highest BCUT2D eigenvalue weighted by atomic mass is 19.4. The van der Waals surface area contributed by atoms with Gasteiger partial charge in [-0.25, -0.2) is 14.4 Å². The Kier molecular flexibility index (Phi) is 9.29. The number of anilines is 2. The molecule has 3 aromatic heterocycles. The molecule has 1 amide bonds. The molecule has 1 aromatic carbocycles. The number of halogens is 4. The summed E-state index contributed by atoms with van der Waals surface area (Å²) in [6.45, 7) is 5.61. The van der Waals surface area contributed by atoms with Gasteiger partial charge in [0, 0.05) is 60.1 Å². The Morgan fingerprint density at radius 2 is 2.04 bits per heavy atom. The summed E-state index contributed by atoms with van der Waals surface area (Å²) in [7, 11) is 0. The van der Waals surface area contributed by atoms with Crippen molar-refractivity contribution < 1.29 is 22.4 Å². The first-order valence-corrected chi connectivity index (χ1v) is 14.8. The molecule has 3 heterocycles. The van der Waals surface area contributed by atoms with Crippen LogP contribution in [-0.4, -0.2) is 48.7 Å². The number of benzene rings is 1. The van der Waals surface area contributed by atoms with Crippen LogP contribution in [0.4, 0.5) is 29.1 Å². The molecule has 0 saturated heterocycles. The van der Waals surface area contributed by atoms with Crippen molar-refractivity contribution in [1.29, 1.82) is 5.26 Å². The van der Waals surface area contributed by atoms with Crippen molar-refractivity contribution >= 4 is 28.8 Å². The van der Waals surface area contributed by atoms with Crippen LogP contribution in [0.5, 0.6) is 0 Å². The average molecular weight is 639 g/mol. The van der Waals surface area contributed by atoms with E-state index < -0.39 is 17.7 Å². The Bertz CT molecular complexity index is 1790. The molecule has 1 unspecified atom stereocenters. The van der Waals surface area contributed by atoms with E-state index in [9.17, 15) is 18.0 Å². The zero-order valence-corrected chi connectivity index (χ0v) is 25.5. The molecule has 5 N–H and O–H groups in total. The highest BCUT2D eigenvalue weighted by Gasteiger charge is 2.38. The number of nitrogens with one attached hydrogen (secondary N) is 3. The Labute approximate surface area is 262 Å². The number of nitrogens with two attached hydrogens (primary N) is 1. The van der Waals surface area contributed by atoms with Gasteiger partial charge < -0.3 is 21.7 Å². The normalized spacial score (nSPS) is 17.3. The molecular weight excluding hydrogens is 604 g/mol. The number of carbonyl (C=O) groups is 1. The number of hydrogen-bond acceptors (Lipinski definition) is 8. The van der Waals surface area contributed by atoms with E-state index in [0.717, 1.165) is 10.9 Å². The van der Waals surface area contributed by atoms with Gasteiger partial charge in [0.05, 0.1) is 23.5 Å². The maximum Gasteiger partial charge on any atom is 0.435 e. The molecule has 1 aliphatic carbocycles. The van der Waals surface area contributed by atoms with Crippen molar-refractivity contribution in [2.75, 3.05) is 11.9 Å². The number of fused-ring (bicyclic) bond motifs is 1. The first kappa shape index (κ1) is 32.4. The topological polar surface area (TPSA) is 151 Å². The van der Waals surface area contributed by atoms with E-state index in [1.54, 1.807) is 19.1 Å². The summed E-state index contributed by atoms with van der Waals surface area (Å²) >= 11 is 0. The minimum atomic E-state index is -4.76. The van der Waals surface area contributed by atoms with Crippen molar-refractivity contribution in [2.24, 2.45) is 11.7 Å². The smallest absolute Gasteiger partial charge is 0.380 e. The molecule has 242 valence electrons. The van der Waals surface area contributed by atoms with E-state index in [2.05, 4.69) is 31.0 Å². The van der Waals surface area contributed by atoms with Crippen LogP contribution in [0.25, 0.3) is 22.6 Å². The SMILES string of the molecule is CC/C=C(\NC(C)CNC(=O)C1CC(N)C1)c1c(C)cc(Nc2nccn3c(-c4cn(CC#N)nc4C(F)(F)F)cnc23)cc1F. The van der Waals surface area contributed by atoms with Gasteiger partial charge >= 0.3 is 6.18 Å². The predicted octanol–water partition coefficient (Wildman–Crippen LogP) is 4.91. The Morgan fingerprint density at radius 1 is 1.28 bits per heavy atom. The largest absolute Gasteiger partial charge is 0.435 e. The lowest BCUT2D eigenvalue weighted by atomic mass is 9.80. The molecule has 5 rings (SSSR count). The number of amides is 1. The first-order valence-electron chi connectivity index (χ1n) is 14.8. The summed E-state index contributed by atoms with van der Waals surface area (Å²) in [5.41, 5.74) is 6.63. The van der Waals surface area contributed by atoms with E-state index in [0.29, 0.717) is 48.3 Å². The molecule has 15 heteroatoms. The summed E-state index contributed by atoms with van der Waals surface area (Å²) in [6.07, 6.45) is 4.37. The molecule has 11 nitrogen and oxygen atoms in total. The van der Waals surface area contributed by atoms with Gasteiger partial charge in [-0.15, -0.1) is 0 Å². The Balaban J connectivity index is 1.37. The number of imidazole rings is 1. The molecule has 0 bridgehead atoms. The number of nitrogens with zero attached hydrogens (tertiary/aromatic N) is 6. The molecule has 1 aliphatic rings.